The van der Waals surface area contributed by atoms with Crippen molar-refractivity contribution in [3.8, 4) is 0 Å². The Hall–Kier alpha value is -2.08. The average molecular weight is 332 g/mol. The molecule has 0 saturated carbocycles. The zero-order valence-corrected chi connectivity index (χ0v) is 14.1. The number of aromatic nitrogens is 1. The van der Waals surface area contributed by atoms with Crippen LogP contribution in [-0.2, 0) is 16.4 Å². The highest BCUT2D eigenvalue weighted by atomic mass is 32.2. The van der Waals surface area contributed by atoms with Gasteiger partial charge < -0.3 is 9.47 Å². The Bertz CT molecular complexity index is 839. The summed E-state index contributed by atoms with van der Waals surface area (Å²) in [5, 5.41) is 0. The minimum Gasteiger partial charge on any atom is -0.348 e. The summed E-state index contributed by atoms with van der Waals surface area (Å²) < 4.78 is 25.6. The Balaban J connectivity index is 1.95. The maximum Gasteiger partial charge on any atom is 0.254 e. The molecule has 1 atom stereocenters. The zero-order chi connectivity index (χ0) is 16.6. The number of benzene rings is 1. The fraction of sp³-hybridized carbons (Fsp3) is 0.353. The van der Waals surface area contributed by atoms with E-state index >= 15 is 0 Å². The van der Waals surface area contributed by atoms with E-state index in [2.05, 4.69) is 11.5 Å². The fourth-order valence-electron chi connectivity index (χ4n) is 3.16. The second kappa shape index (κ2) is 5.85. The Morgan fingerprint density at radius 1 is 1.22 bits per heavy atom. The van der Waals surface area contributed by atoms with Crippen molar-refractivity contribution in [2.75, 3.05) is 12.8 Å². The van der Waals surface area contributed by atoms with Gasteiger partial charge in [0.15, 0.2) is 9.84 Å². The highest BCUT2D eigenvalue weighted by Gasteiger charge is 2.30. The van der Waals surface area contributed by atoms with Crippen LogP contribution in [0.2, 0.25) is 0 Å². The van der Waals surface area contributed by atoms with E-state index in [0.29, 0.717) is 12.1 Å². The van der Waals surface area contributed by atoms with Gasteiger partial charge in [-0.3, -0.25) is 4.79 Å². The molecule has 5 nitrogen and oxygen atoms in total. The molecule has 0 bridgehead atoms. The van der Waals surface area contributed by atoms with E-state index in [4.69, 9.17) is 0 Å². The molecule has 0 saturated heterocycles. The Morgan fingerprint density at radius 3 is 2.70 bits per heavy atom. The second-order valence-electron chi connectivity index (χ2n) is 5.85. The molecular formula is C17H20N2O3S. The molecule has 2 heterocycles. The van der Waals surface area contributed by atoms with Gasteiger partial charge in [-0.15, -0.1) is 0 Å². The van der Waals surface area contributed by atoms with Crippen LogP contribution in [-0.4, -0.2) is 36.6 Å². The number of sulfone groups is 1. The van der Waals surface area contributed by atoms with E-state index in [-0.39, 0.29) is 16.8 Å². The van der Waals surface area contributed by atoms with Crippen molar-refractivity contribution < 1.29 is 13.2 Å². The second-order valence-corrected chi connectivity index (χ2v) is 7.86. The van der Waals surface area contributed by atoms with E-state index in [1.807, 2.05) is 23.2 Å². The first-order valence-electron chi connectivity index (χ1n) is 7.68. The molecule has 0 unspecified atom stereocenters. The lowest BCUT2D eigenvalue weighted by Crippen LogP contribution is -2.41. The number of nitrogens with zero attached hydrogens (tertiary/aromatic N) is 2. The summed E-state index contributed by atoms with van der Waals surface area (Å²) in [7, 11) is -3.32. The summed E-state index contributed by atoms with van der Waals surface area (Å²) in [6.07, 6.45) is 4.00. The standard InChI is InChI=1S/C17H20N2O3S/c1-3-15-16-8-5-9-18(16)10-11-19(15)17(20)13-6-4-7-14(12-13)23(2,21)22/h4-9,12,15H,3,10-11H2,1-2H3/t15-/m0/s1. The Kier molecular flexibility index (Phi) is 4.02. The quantitative estimate of drug-likeness (QED) is 0.868. The molecule has 0 radical (unpaired) electrons. The number of hydrogen-bond donors (Lipinski definition) is 0. The highest BCUT2D eigenvalue weighted by molar-refractivity contribution is 7.90. The number of amides is 1. The van der Waals surface area contributed by atoms with Crippen LogP contribution >= 0.6 is 0 Å². The van der Waals surface area contributed by atoms with Gasteiger partial charge in [0.05, 0.1) is 10.9 Å². The number of carbonyl (C=O) groups is 1. The Morgan fingerprint density at radius 2 is 2.00 bits per heavy atom. The van der Waals surface area contributed by atoms with Crippen LogP contribution in [0.1, 0.15) is 35.4 Å². The zero-order valence-electron chi connectivity index (χ0n) is 13.3. The monoisotopic (exact) mass is 332 g/mol. The molecule has 122 valence electrons. The summed E-state index contributed by atoms with van der Waals surface area (Å²) in [5.74, 6) is -0.116. The lowest BCUT2D eigenvalue weighted by Gasteiger charge is -2.36. The molecule has 0 aliphatic carbocycles. The lowest BCUT2D eigenvalue weighted by molar-refractivity contribution is 0.0617. The van der Waals surface area contributed by atoms with Crippen LogP contribution in [0.5, 0.6) is 0 Å². The molecule has 1 aliphatic rings. The summed E-state index contributed by atoms with van der Waals surface area (Å²) >= 11 is 0. The lowest BCUT2D eigenvalue weighted by atomic mass is 10.0. The van der Waals surface area contributed by atoms with Gasteiger partial charge in [-0.05, 0) is 36.8 Å². The van der Waals surface area contributed by atoms with Crippen molar-refractivity contribution in [1.29, 1.82) is 0 Å². The van der Waals surface area contributed by atoms with Crippen LogP contribution in [0.3, 0.4) is 0 Å². The molecule has 1 aromatic carbocycles. The maximum atomic E-state index is 12.9. The molecule has 0 spiro atoms. The summed E-state index contributed by atoms with van der Waals surface area (Å²) in [6, 6.07) is 10.3. The largest absolute Gasteiger partial charge is 0.348 e. The fourth-order valence-corrected chi connectivity index (χ4v) is 3.83. The number of rotatable bonds is 3. The van der Waals surface area contributed by atoms with Crippen molar-refractivity contribution in [2.24, 2.45) is 0 Å². The van der Waals surface area contributed by atoms with E-state index in [0.717, 1.165) is 24.9 Å². The summed E-state index contributed by atoms with van der Waals surface area (Å²) in [4.78, 5) is 14.9. The van der Waals surface area contributed by atoms with E-state index in [1.54, 1.807) is 12.1 Å². The van der Waals surface area contributed by atoms with Crippen LogP contribution in [0, 0.1) is 0 Å². The van der Waals surface area contributed by atoms with Crippen LogP contribution in [0.15, 0.2) is 47.5 Å². The molecule has 1 amide bonds. The number of fused-ring (bicyclic) bond motifs is 1. The third-order valence-electron chi connectivity index (χ3n) is 4.32. The maximum absolute atomic E-state index is 12.9. The predicted molar refractivity (Wildman–Crippen MR) is 88.1 cm³/mol. The highest BCUT2D eigenvalue weighted by Crippen LogP contribution is 2.30. The molecule has 0 N–H and O–H groups in total. The molecule has 3 rings (SSSR count). The smallest absolute Gasteiger partial charge is 0.254 e. The van der Waals surface area contributed by atoms with Gasteiger partial charge in [-0.1, -0.05) is 13.0 Å². The molecule has 1 aliphatic heterocycles. The van der Waals surface area contributed by atoms with Gasteiger partial charge in [0.1, 0.15) is 0 Å². The van der Waals surface area contributed by atoms with E-state index in [9.17, 15) is 13.2 Å². The first-order chi connectivity index (χ1) is 10.9. The predicted octanol–water partition coefficient (Wildman–Crippen LogP) is 2.50. The molecular weight excluding hydrogens is 312 g/mol. The molecule has 23 heavy (non-hydrogen) atoms. The SMILES string of the molecule is CC[C@H]1c2cccn2CCN1C(=O)c1cccc(S(C)(=O)=O)c1. The van der Waals surface area contributed by atoms with E-state index in [1.165, 1.54) is 12.1 Å². The third kappa shape index (κ3) is 2.91. The van der Waals surface area contributed by atoms with Crippen LogP contribution < -0.4 is 0 Å². The minimum absolute atomic E-state index is 0.0214. The first-order valence-corrected chi connectivity index (χ1v) is 9.57. The van der Waals surface area contributed by atoms with Gasteiger partial charge >= 0.3 is 0 Å². The molecule has 0 fully saturated rings. The first kappa shape index (κ1) is 15.8. The van der Waals surface area contributed by atoms with Gasteiger partial charge in [-0.25, -0.2) is 8.42 Å². The van der Waals surface area contributed by atoms with Crippen molar-refractivity contribution in [3.05, 3.63) is 53.9 Å². The van der Waals surface area contributed by atoms with Gasteiger partial charge in [0.25, 0.3) is 5.91 Å². The van der Waals surface area contributed by atoms with Gasteiger partial charge in [0, 0.05) is 36.8 Å². The molecule has 1 aromatic heterocycles. The molecule has 6 heteroatoms. The number of carbonyl (C=O) groups excluding carboxylic acids is 1. The van der Waals surface area contributed by atoms with Gasteiger partial charge in [-0.2, -0.15) is 0 Å². The van der Waals surface area contributed by atoms with Gasteiger partial charge in [0.2, 0.25) is 0 Å². The third-order valence-corrected chi connectivity index (χ3v) is 5.43. The normalized spacial score (nSPS) is 17.8. The van der Waals surface area contributed by atoms with Crippen molar-refractivity contribution in [3.63, 3.8) is 0 Å². The summed E-state index contributed by atoms with van der Waals surface area (Å²) in [6.45, 7) is 3.44. The van der Waals surface area contributed by atoms with E-state index < -0.39 is 9.84 Å². The van der Waals surface area contributed by atoms with Crippen molar-refractivity contribution >= 4 is 15.7 Å². The Labute approximate surface area is 136 Å². The summed E-state index contributed by atoms with van der Waals surface area (Å²) in [5.41, 5.74) is 1.55. The van der Waals surface area contributed by atoms with Crippen molar-refractivity contribution in [2.45, 2.75) is 30.8 Å². The van der Waals surface area contributed by atoms with Crippen molar-refractivity contribution in [1.82, 2.24) is 9.47 Å². The van der Waals surface area contributed by atoms with Crippen LogP contribution in [0.25, 0.3) is 0 Å². The average Bonchev–Trinajstić information content (AvgIpc) is 3.01. The minimum atomic E-state index is -3.32. The molecule has 2 aromatic rings. The number of hydrogen-bond acceptors (Lipinski definition) is 3. The topological polar surface area (TPSA) is 59.4 Å². The van der Waals surface area contributed by atoms with Crippen LogP contribution in [0.4, 0.5) is 0 Å².